The summed E-state index contributed by atoms with van der Waals surface area (Å²) in [4.78, 5) is 13.7. The SMILES string of the molecule is Cc1cccc(-n2ncc(C(=O)NCCCSc3ccccc3)c2C)c1. The number of rotatable bonds is 7. The third kappa shape index (κ3) is 4.55. The summed E-state index contributed by atoms with van der Waals surface area (Å²) >= 11 is 1.81. The van der Waals surface area contributed by atoms with Crippen LogP contribution in [0.1, 0.15) is 28.0 Å². The number of hydrogen-bond donors (Lipinski definition) is 1. The summed E-state index contributed by atoms with van der Waals surface area (Å²) in [6, 6.07) is 18.4. The second kappa shape index (κ2) is 8.72. The van der Waals surface area contributed by atoms with Crippen LogP contribution in [0.3, 0.4) is 0 Å². The van der Waals surface area contributed by atoms with Crippen LogP contribution in [0.2, 0.25) is 0 Å². The molecule has 0 radical (unpaired) electrons. The van der Waals surface area contributed by atoms with E-state index in [2.05, 4.69) is 28.6 Å². The Hall–Kier alpha value is -2.53. The molecule has 0 spiro atoms. The van der Waals surface area contributed by atoms with Crippen LogP contribution in [0.25, 0.3) is 5.69 Å². The molecule has 0 bridgehead atoms. The lowest BCUT2D eigenvalue weighted by molar-refractivity contribution is 0.0953. The van der Waals surface area contributed by atoms with Crippen molar-refractivity contribution in [3.8, 4) is 5.69 Å². The third-order valence-corrected chi connectivity index (χ3v) is 5.22. The lowest BCUT2D eigenvalue weighted by Crippen LogP contribution is -2.25. The van der Waals surface area contributed by atoms with Crippen LogP contribution in [-0.4, -0.2) is 28.0 Å². The molecular formula is C21H23N3OS. The van der Waals surface area contributed by atoms with E-state index in [0.717, 1.165) is 23.6 Å². The molecule has 3 aromatic rings. The van der Waals surface area contributed by atoms with Crippen molar-refractivity contribution >= 4 is 17.7 Å². The highest BCUT2D eigenvalue weighted by molar-refractivity contribution is 7.99. The van der Waals surface area contributed by atoms with E-state index in [-0.39, 0.29) is 5.91 Å². The highest BCUT2D eigenvalue weighted by Gasteiger charge is 2.14. The van der Waals surface area contributed by atoms with Crippen molar-refractivity contribution in [2.24, 2.45) is 0 Å². The fourth-order valence-corrected chi connectivity index (χ4v) is 3.60. The summed E-state index contributed by atoms with van der Waals surface area (Å²) in [5.74, 6) is 0.914. The molecule has 5 heteroatoms. The van der Waals surface area contributed by atoms with E-state index in [4.69, 9.17) is 0 Å². The van der Waals surface area contributed by atoms with Gasteiger partial charge in [0.2, 0.25) is 0 Å². The smallest absolute Gasteiger partial charge is 0.254 e. The molecule has 0 saturated heterocycles. The average molecular weight is 366 g/mol. The quantitative estimate of drug-likeness (QED) is 0.499. The molecule has 26 heavy (non-hydrogen) atoms. The number of benzene rings is 2. The minimum atomic E-state index is -0.0638. The summed E-state index contributed by atoms with van der Waals surface area (Å²) in [5, 5.41) is 7.38. The van der Waals surface area contributed by atoms with E-state index in [1.54, 1.807) is 18.0 Å². The zero-order chi connectivity index (χ0) is 18.4. The predicted octanol–water partition coefficient (Wildman–Crippen LogP) is 4.40. The van der Waals surface area contributed by atoms with Gasteiger partial charge in [-0.2, -0.15) is 5.10 Å². The van der Waals surface area contributed by atoms with Gasteiger partial charge in [-0.25, -0.2) is 4.68 Å². The van der Waals surface area contributed by atoms with Crippen molar-refractivity contribution < 1.29 is 4.79 Å². The molecule has 0 aliphatic heterocycles. The second-order valence-electron chi connectivity index (χ2n) is 6.17. The van der Waals surface area contributed by atoms with Crippen molar-refractivity contribution in [3.05, 3.63) is 77.6 Å². The van der Waals surface area contributed by atoms with Gasteiger partial charge in [0.25, 0.3) is 5.91 Å². The number of carbonyl (C=O) groups is 1. The number of nitrogens with zero attached hydrogens (tertiary/aromatic N) is 2. The highest BCUT2D eigenvalue weighted by atomic mass is 32.2. The van der Waals surface area contributed by atoms with Gasteiger partial charge in [-0.15, -0.1) is 11.8 Å². The van der Waals surface area contributed by atoms with Crippen LogP contribution < -0.4 is 5.32 Å². The van der Waals surface area contributed by atoms with Gasteiger partial charge in [0, 0.05) is 11.4 Å². The molecule has 3 rings (SSSR count). The predicted molar refractivity (Wildman–Crippen MR) is 107 cm³/mol. The number of amides is 1. The summed E-state index contributed by atoms with van der Waals surface area (Å²) in [5.41, 5.74) is 3.62. The first kappa shape index (κ1) is 18.3. The first-order chi connectivity index (χ1) is 12.6. The Morgan fingerprint density at radius 3 is 2.69 bits per heavy atom. The van der Waals surface area contributed by atoms with Gasteiger partial charge in [-0.05, 0) is 55.9 Å². The molecule has 0 aliphatic rings. The van der Waals surface area contributed by atoms with Crippen LogP contribution in [0.15, 0.2) is 65.7 Å². The molecule has 1 N–H and O–H groups in total. The van der Waals surface area contributed by atoms with Gasteiger partial charge in [0.05, 0.1) is 23.1 Å². The average Bonchev–Trinajstić information content (AvgIpc) is 3.04. The van der Waals surface area contributed by atoms with E-state index < -0.39 is 0 Å². The number of hydrogen-bond acceptors (Lipinski definition) is 3. The molecule has 0 saturated carbocycles. The minimum Gasteiger partial charge on any atom is -0.352 e. The van der Waals surface area contributed by atoms with Crippen molar-refractivity contribution in [2.75, 3.05) is 12.3 Å². The zero-order valence-electron chi connectivity index (χ0n) is 15.1. The molecule has 4 nitrogen and oxygen atoms in total. The number of carbonyl (C=O) groups excluding carboxylic acids is 1. The molecule has 1 aromatic heterocycles. The van der Waals surface area contributed by atoms with Gasteiger partial charge >= 0.3 is 0 Å². The fraction of sp³-hybridized carbons (Fsp3) is 0.238. The van der Waals surface area contributed by atoms with Crippen LogP contribution >= 0.6 is 11.8 Å². The van der Waals surface area contributed by atoms with Crippen molar-refractivity contribution in [1.29, 1.82) is 0 Å². The second-order valence-corrected chi connectivity index (χ2v) is 7.33. The Morgan fingerprint density at radius 1 is 1.12 bits per heavy atom. The lowest BCUT2D eigenvalue weighted by atomic mass is 10.2. The van der Waals surface area contributed by atoms with E-state index >= 15 is 0 Å². The van der Waals surface area contributed by atoms with E-state index in [1.165, 1.54) is 10.5 Å². The van der Waals surface area contributed by atoms with Crippen LogP contribution in [0.4, 0.5) is 0 Å². The summed E-state index contributed by atoms with van der Waals surface area (Å²) in [6.45, 7) is 4.63. The molecule has 1 amide bonds. The Labute approximate surface area is 158 Å². The van der Waals surface area contributed by atoms with Gasteiger partial charge in [-0.3, -0.25) is 4.79 Å². The largest absolute Gasteiger partial charge is 0.352 e. The fourth-order valence-electron chi connectivity index (χ4n) is 2.73. The third-order valence-electron chi connectivity index (χ3n) is 4.12. The minimum absolute atomic E-state index is 0.0638. The number of aromatic nitrogens is 2. The molecule has 1 heterocycles. The summed E-state index contributed by atoms with van der Waals surface area (Å²) in [6.07, 6.45) is 2.57. The molecule has 0 atom stereocenters. The van der Waals surface area contributed by atoms with E-state index in [1.807, 2.05) is 54.9 Å². The summed E-state index contributed by atoms with van der Waals surface area (Å²) < 4.78 is 1.81. The van der Waals surface area contributed by atoms with Crippen LogP contribution in [0, 0.1) is 13.8 Å². The zero-order valence-corrected chi connectivity index (χ0v) is 15.9. The van der Waals surface area contributed by atoms with Crippen molar-refractivity contribution in [3.63, 3.8) is 0 Å². The molecular weight excluding hydrogens is 342 g/mol. The van der Waals surface area contributed by atoms with E-state index in [0.29, 0.717) is 12.1 Å². The van der Waals surface area contributed by atoms with E-state index in [9.17, 15) is 4.79 Å². The lowest BCUT2D eigenvalue weighted by Gasteiger charge is -2.07. The van der Waals surface area contributed by atoms with Gasteiger partial charge in [-0.1, -0.05) is 30.3 Å². The first-order valence-electron chi connectivity index (χ1n) is 8.73. The highest BCUT2D eigenvalue weighted by Crippen LogP contribution is 2.18. The standard InChI is InChI=1S/C21H23N3OS/c1-16-8-6-9-18(14-16)24-17(2)20(15-23-24)21(25)22-12-7-13-26-19-10-4-3-5-11-19/h3-6,8-11,14-15H,7,12-13H2,1-2H3,(H,22,25). The monoisotopic (exact) mass is 365 g/mol. The normalized spacial score (nSPS) is 10.7. The molecule has 0 fully saturated rings. The van der Waals surface area contributed by atoms with Crippen LogP contribution in [0.5, 0.6) is 0 Å². The Balaban J connectivity index is 1.52. The number of nitrogens with one attached hydrogen (secondary N) is 1. The first-order valence-corrected chi connectivity index (χ1v) is 9.71. The van der Waals surface area contributed by atoms with Gasteiger partial charge in [0.1, 0.15) is 0 Å². The molecule has 134 valence electrons. The maximum Gasteiger partial charge on any atom is 0.254 e. The summed E-state index contributed by atoms with van der Waals surface area (Å²) in [7, 11) is 0. The molecule has 2 aromatic carbocycles. The Morgan fingerprint density at radius 2 is 1.92 bits per heavy atom. The Kier molecular flexibility index (Phi) is 6.12. The van der Waals surface area contributed by atoms with Gasteiger partial charge < -0.3 is 5.32 Å². The number of aryl methyl sites for hydroxylation is 1. The maximum atomic E-state index is 12.4. The van der Waals surface area contributed by atoms with Crippen molar-refractivity contribution in [1.82, 2.24) is 15.1 Å². The molecule has 0 unspecified atom stereocenters. The maximum absolute atomic E-state index is 12.4. The number of thioether (sulfide) groups is 1. The Bertz CT molecular complexity index is 874. The van der Waals surface area contributed by atoms with Crippen molar-refractivity contribution in [2.45, 2.75) is 25.2 Å². The topological polar surface area (TPSA) is 46.9 Å². The van der Waals surface area contributed by atoms with Crippen LogP contribution in [-0.2, 0) is 0 Å². The van der Waals surface area contributed by atoms with Gasteiger partial charge in [0.15, 0.2) is 0 Å². The molecule has 0 aliphatic carbocycles.